The smallest absolute Gasteiger partial charge is 0.0541 e. The molecule has 6 rings (SSSR count). The third kappa shape index (κ3) is 2.31. The lowest BCUT2D eigenvalue weighted by atomic mass is 10.1. The second-order valence-electron chi connectivity index (χ2n) is 8.22. The molecule has 4 aromatic carbocycles. The number of hydrogen-bond acceptors (Lipinski definition) is 0. The zero-order chi connectivity index (χ0) is 20.2. The van der Waals surface area contributed by atoms with E-state index in [9.17, 15) is 0 Å². The van der Waals surface area contributed by atoms with Crippen LogP contribution in [0, 0.1) is 0 Å². The highest BCUT2D eigenvalue weighted by Crippen LogP contribution is 2.36. The summed E-state index contributed by atoms with van der Waals surface area (Å²) in [5.74, 6) is 0. The van der Waals surface area contributed by atoms with Gasteiger partial charge in [-0.1, -0.05) is 61.5 Å². The molecule has 2 heterocycles. The van der Waals surface area contributed by atoms with Crippen LogP contribution in [0.3, 0.4) is 0 Å². The first kappa shape index (κ1) is 17.3. The number of hydrogen-bond donors (Lipinski definition) is 0. The molecule has 0 radical (unpaired) electrons. The largest absolute Gasteiger partial charge is 0.338 e. The molecular weight excluding hydrogens is 364 g/mol. The number of nitrogens with zero attached hydrogens (tertiary/aromatic N) is 2. The molecule has 0 aliphatic carbocycles. The number of para-hydroxylation sites is 3. The van der Waals surface area contributed by atoms with E-state index in [1.807, 2.05) is 0 Å². The van der Waals surface area contributed by atoms with Crippen LogP contribution in [0.25, 0.3) is 49.3 Å². The van der Waals surface area contributed by atoms with Crippen molar-refractivity contribution in [3.63, 3.8) is 0 Å². The van der Waals surface area contributed by atoms with E-state index in [2.05, 4.69) is 114 Å². The van der Waals surface area contributed by atoms with Crippen LogP contribution in [-0.2, 0) is 0 Å². The van der Waals surface area contributed by atoms with Gasteiger partial charge in [0.05, 0.1) is 11.0 Å². The van der Waals surface area contributed by atoms with Crippen LogP contribution in [0.2, 0.25) is 0 Å². The van der Waals surface area contributed by atoms with E-state index in [1.165, 1.54) is 49.3 Å². The van der Waals surface area contributed by atoms with Crippen molar-refractivity contribution in [3.05, 3.63) is 91.0 Å². The molecule has 0 N–H and O–H groups in total. The second kappa shape index (κ2) is 6.50. The maximum absolute atomic E-state index is 2.50. The normalized spacial score (nSPS) is 13.0. The highest BCUT2D eigenvalue weighted by Gasteiger charge is 2.16. The van der Waals surface area contributed by atoms with E-state index in [4.69, 9.17) is 0 Å². The lowest BCUT2D eigenvalue weighted by molar-refractivity contribution is 0.563. The number of aromatic nitrogens is 2. The lowest BCUT2D eigenvalue weighted by Gasteiger charge is -2.15. The Hall–Kier alpha value is -3.52. The summed E-state index contributed by atoms with van der Waals surface area (Å²) in [7, 11) is 0. The van der Waals surface area contributed by atoms with Crippen LogP contribution in [0.1, 0.15) is 26.3 Å². The zero-order valence-corrected chi connectivity index (χ0v) is 17.3. The van der Waals surface area contributed by atoms with E-state index >= 15 is 0 Å². The first-order valence-corrected chi connectivity index (χ1v) is 10.8. The van der Waals surface area contributed by atoms with Crippen molar-refractivity contribution in [3.8, 4) is 5.69 Å². The summed E-state index contributed by atoms with van der Waals surface area (Å²) in [5.41, 5.74) is 6.36. The summed E-state index contributed by atoms with van der Waals surface area (Å²) < 4.78 is 4.90. The van der Waals surface area contributed by atoms with E-state index in [0.717, 1.165) is 6.42 Å². The molecule has 0 saturated carbocycles. The monoisotopic (exact) mass is 388 g/mol. The molecule has 30 heavy (non-hydrogen) atoms. The van der Waals surface area contributed by atoms with Gasteiger partial charge in [0.2, 0.25) is 0 Å². The Kier molecular flexibility index (Phi) is 3.76. The summed E-state index contributed by atoms with van der Waals surface area (Å²) in [6.07, 6.45) is 1.11. The minimum atomic E-state index is 0.464. The van der Waals surface area contributed by atoms with Gasteiger partial charge in [-0.15, -0.1) is 0 Å². The van der Waals surface area contributed by atoms with Crippen LogP contribution in [0.5, 0.6) is 0 Å². The van der Waals surface area contributed by atoms with Crippen molar-refractivity contribution in [2.75, 3.05) is 0 Å². The van der Waals surface area contributed by atoms with Gasteiger partial charge in [-0.25, -0.2) is 0 Å². The zero-order valence-electron chi connectivity index (χ0n) is 17.3. The Labute approximate surface area is 176 Å². The maximum atomic E-state index is 2.50. The van der Waals surface area contributed by atoms with Crippen LogP contribution in [0.4, 0.5) is 0 Å². The molecule has 2 nitrogen and oxygen atoms in total. The molecule has 6 aromatic rings. The molecule has 0 saturated heterocycles. The summed E-state index contributed by atoms with van der Waals surface area (Å²) in [4.78, 5) is 0. The Morgan fingerprint density at radius 3 is 1.70 bits per heavy atom. The van der Waals surface area contributed by atoms with Crippen LogP contribution in [0.15, 0.2) is 91.0 Å². The molecular formula is C28H24N2. The van der Waals surface area contributed by atoms with Gasteiger partial charge in [-0.3, -0.25) is 0 Å². The van der Waals surface area contributed by atoms with E-state index in [1.54, 1.807) is 0 Å². The maximum Gasteiger partial charge on any atom is 0.0541 e. The predicted molar refractivity (Wildman–Crippen MR) is 129 cm³/mol. The van der Waals surface area contributed by atoms with E-state index in [-0.39, 0.29) is 0 Å². The Balaban J connectivity index is 1.72. The summed E-state index contributed by atoms with van der Waals surface area (Å²) >= 11 is 0. The molecule has 1 unspecified atom stereocenters. The Bertz CT molecular complexity index is 1490. The van der Waals surface area contributed by atoms with Gasteiger partial charge < -0.3 is 9.13 Å². The molecule has 0 spiro atoms. The van der Waals surface area contributed by atoms with Gasteiger partial charge in [0.15, 0.2) is 0 Å². The van der Waals surface area contributed by atoms with Crippen molar-refractivity contribution in [1.29, 1.82) is 0 Å². The van der Waals surface area contributed by atoms with Crippen molar-refractivity contribution >= 4 is 43.6 Å². The van der Waals surface area contributed by atoms with Crippen molar-refractivity contribution < 1.29 is 0 Å². The quantitative estimate of drug-likeness (QED) is 0.292. The molecule has 0 amide bonds. The molecule has 1 atom stereocenters. The third-order valence-electron chi connectivity index (χ3n) is 6.56. The van der Waals surface area contributed by atoms with Crippen molar-refractivity contribution in [2.45, 2.75) is 26.3 Å². The van der Waals surface area contributed by atoms with Gasteiger partial charge in [-0.05, 0) is 49.7 Å². The van der Waals surface area contributed by atoms with Gasteiger partial charge in [0, 0.05) is 44.3 Å². The van der Waals surface area contributed by atoms with Crippen LogP contribution < -0.4 is 0 Å². The van der Waals surface area contributed by atoms with Gasteiger partial charge in [0.1, 0.15) is 0 Å². The summed E-state index contributed by atoms with van der Waals surface area (Å²) in [5, 5.41) is 5.26. The van der Waals surface area contributed by atoms with Crippen molar-refractivity contribution in [1.82, 2.24) is 9.13 Å². The fourth-order valence-corrected chi connectivity index (χ4v) is 4.99. The van der Waals surface area contributed by atoms with Crippen molar-refractivity contribution in [2.24, 2.45) is 0 Å². The van der Waals surface area contributed by atoms with Gasteiger partial charge >= 0.3 is 0 Å². The first-order chi connectivity index (χ1) is 14.8. The minimum absolute atomic E-state index is 0.464. The average molecular weight is 389 g/mol. The number of rotatable bonds is 3. The molecule has 0 bridgehead atoms. The molecule has 0 aliphatic rings. The van der Waals surface area contributed by atoms with Crippen LogP contribution in [-0.4, -0.2) is 9.13 Å². The summed E-state index contributed by atoms with van der Waals surface area (Å²) in [6.45, 7) is 4.57. The standard InChI is InChI=1S/C28H24N2/c1-3-19(2)29-25-13-7-6-12-23(25)24-18-20(16-17-28(24)29)30-26-14-8-4-10-21(26)22-11-5-9-15-27(22)30/h4-19H,3H2,1-2H3. The summed E-state index contributed by atoms with van der Waals surface area (Å²) in [6, 6.07) is 33.6. The van der Waals surface area contributed by atoms with Gasteiger partial charge in [0.25, 0.3) is 0 Å². The average Bonchev–Trinajstić information content (AvgIpc) is 3.31. The van der Waals surface area contributed by atoms with Crippen LogP contribution >= 0.6 is 0 Å². The number of fused-ring (bicyclic) bond motifs is 6. The fraction of sp³-hybridized carbons (Fsp3) is 0.143. The topological polar surface area (TPSA) is 9.86 Å². The first-order valence-electron chi connectivity index (χ1n) is 10.8. The SMILES string of the molecule is CCC(C)n1c2ccccc2c2cc(-n3c4ccccc4c4ccccc43)ccc21. The fourth-order valence-electron chi connectivity index (χ4n) is 4.99. The number of benzene rings is 4. The minimum Gasteiger partial charge on any atom is -0.338 e. The highest BCUT2D eigenvalue weighted by molar-refractivity contribution is 6.11. The molecule has 2 heteroatoms. The molecule has 2 aromatic heterocycles. The lowest BCUT2D eigenvalue weighted by Crippen LogP contribution is -2.03. The van der Waals surface area contributed by atoms with E-state index < -0.39 is 0 Å². The third-order valence-corrected chi connectivity index (χ3v) is 6.56. The second-order valence-corrected chi connectivity index (χ2v) is 8.22. The predicted octanol–water partition coefficient (Wildman–Crippen LogP) is 7.86. The molecule has 146 valence electrons. The molecule has 0 fully saturated rings. The highest BCUT2D eigenvalue weighted by atomic mass is 15.0. The van der Waals surface area contributed by atoms with E-state index in [0.29, 0.717) is 6.04 Å². The Morgan fingerprint density at radius 1 is 0.600 bits per heavy atom. The molecule has 0 aliphatic heterocycles. The van der Waals surface area contributed by atoms with Gasteiger partial charge in [-0.2, -0.15) is 0 Å². The Morgan fingerprint density at radius 2 is 1.10 bits per heavy atom.